The van der Waals surface area contributed by atoms with E-state index in [-0.39, 0.29) is 0 Å². The summed E-state index contributed by atoms with van der Waals surface area (Å²) in [5.41, 5.74) is 0. The first-order valence-electron chi connectivity index (χ1n) is 10.2. The highest BCUT2D eigenvalue weighted by Crippen LogP contribution is 2.14. The predicted molar refractivity (Wildman–Crippen MR) is 100 cm³/mol. The largest absolute Gasteiger partial charge is 0.437 e. The fourth-order valence-corrected chi connectivity index (χ4v) is 2.97. The van der Waals surface area contributed by atoms with Gasteiger partial charge in [-0.15, -0.1) is 0 Å². The van der Waals surface area contributed by atoms with Crippen molar-refractivity contribution in [2.24, 2.45) is 0 Å². The molecule has 0 unspecified atom stereocenters. The lowest BCUT2D eigenvalue weighted by molar-refractivity contribution is -0.123. The van der Waals surface area contributed by atoms with Crippen LogP contribution in [0.4, 0.5) is 0 Å². The van der Waals surface area contributed by atoms with Gasteiger partial charge in [-0.05, 0) is 18.9 Å². The molecule has 0 bridgehead atoms. The highest BCUT2D eigenvalue weighted by Gasteiger charge is 1.94. The third-order valence-corrected chi connectivity index (χ3v) is 4.45. The zero-order valence-electron chi connectivity index (χ0n) is 15.6. The quantitative estimate of drug-likeness (QED) is 0.141. The summed E-state index contributed by atoms with van der Waals surface area (Å²) in [4.78, 5) is 9.91. The normalized spacial score (nSPS) is 11.2. The van der Waals surface area contributed by atoms with Crippen molar-refractivity contribution in [3.8, 4) is 0 Å². The van der Waals surface area contributed by atoms with Crippen molar-refractivity contribution in [2.45, 2.75) is 116 Å². The van der Waals surface area contributed by atoms with Crippen LogP contribution in [0.5, 0.6) is 0 Å². The molecule has 0 saturated carbocycles. The lowest BCUT2D eigenvalue weighted by Crippen LogP contribution is -1.83. The van der Waals surface area contributed by atoms with Crippen LogP contribution in [0.15, 0.2) is 12.3 Å². The van der Waals surface area contributed by atoms with E-state index < -0.39 is 0 Å². The van der Waals surface area contributed by atoms with Crippen molar-refractivity contribution in [2.75, 3.05) is 0 Å². The molecule has 0 radical (unpaired) electrons. The summed E-state index contributed by atoms with van der Waals surface area (Å²) in [5, 5.41) is 0. The number of allylic oxidation sites excluding steroid dienone is 1. The molecule has 0 N–H and O–H groups in total. The second-order valence-corrected chi connectivity index (χ2v) is 6.70. The molecule has 0 amide bonds. The Kier molecular flexibility index (Phi) is 20.5. The third kappa shape index (κ3) is 21.2. The molecule has 0 aromatic carbocycles. The topological polar surface area (TPSA) is 26.3 Å². The molecule has 0 aromatic rings. The van der Waals surface area contributed by atoms with Gasteiger partial charge in [-0.2, -0.15) is 0 Å². The van der Waals surface area contributed by atoms with Crippen LogP contribution in [0.25, 0.3) is 0 Å². The summed E-state index contributed by atoms with van der Waals surface area (Å²) >= 11 is 0. The fourth-order valence-electron chi connectivity index (χ4n) is 2.97. The zero-order valence-corrected chi connectivity index (χ0v) is 15.6. The molecular weight excluding hydrogens is 284 g/mol. The van der Waals surface area contributed by atoms with Crippen LogP contribution in [0, 0.1) is 0 Å². The van der Waals surface area contributed by atoms with E-state index >= 15 is 0 Å². The molecule has 136 valence electrons. The van der Waals surface area contributed by atoms with Gasteiger partial charge < -0.3 is 4.74 Å². The molecule has 0 aliphatic heterocycles. The van der Waals surface area contributed by atoms with E-state index in [1.165, 1.54) is 109 Å². The minimum absolute atomic E-state index is 0.462. The smallest absolute Gasteiger partial charge is 0.297 e. The number of ether oxygens (including phenoxy) is 1. The Labute approximate surface area is 145 Å². The summed E-state index contributed by atoms with van der Waals surface area (Å²) in [6.45, 7) is 2.75. The molecular formula is C21H40O2. The Balaban J connectivity index is 2.98. The second kappa shape index (κ2) is 21.2. The van der Waals surface area contributed by atoms with Crippen LogP contribution < -0.4 is 0 Å². The maximum Gasteiger partial charge on any atom is 0.297 e. The Morgan fingerprint density at radius 2 is 1.00 bits per heavy atom. The fraction of sp³-hybridized carbons (Fsp3) is 0.857. The van der Waals surface area contributed by atoms with Gasteiger partial charge in [0.25, 0.3) is 6.47 Å². The van der Waals surface area contributed by atoms with Crippen LogP contribution in [-0.4, -0.2) is 6.47 Å². The Hall–Kier alpha value is -0.790. The van der Waals surface area contributed by atoms with Crippen molar-refractivity contribution in [3.63, 3.8) is 0 Å². The van der Waals surface area contributed by atoms with Crippen LogP contribution in [0.3, 0.4) is 0 Å². The number of carbonyl (C=O) groups is 1. The van der Waals surface area contributed by atoms with Gasteiger partial charge in [-0.25, -0.2) is 0 Å². The number of hydrogen-bond donors (Lipinski definition) is 0. The lowest BCUT2D eigenvalue weighted by Gasteiger charge is -2.03. The Bertz CT molecular complexity index is 248. The van der Waals surface area contributed by atoms with Gasteiger partial charge in [0.05, 0.1) is 6.26 Å². The zero-order chi connectivity index (χ0) is 16.8. The van der Waals surface area contributed by atoms with Crippen LogP contribution in [-0.2, 0) is 9.53 Å². The second-order valence-electron chi connectivity index (χ2n) is 6.70. The summed E-state index contributed by atoms with van der Waals surface area (Å²) in [6, 6.07) is 0. The maximum absolute atomic E-state index is 9.91. The van der Waals surface area contributed by atoms with Gasteiger partial charge in [0.2, 0.25) is 0 Å². The summed E-state index contributed by atoms with van der Waals surface area (Å²) in [6.07, 6.45) is 26.8. The summed E-state index contributed by atoms with van der Waals surface area (Å²) < 4.78 is 4.50. The molecule has 0 aliphatic carbocycles. The monoisotopic (exact) mass is 324 g/mol. The van der Waals surface area contributed by atoms with Crippen molar-refractivity contribution >= 4 is 6.47 Å². The summed E-state index contributed by atoms with van der Waals surface area (Å²) in [5.74, 6) is 0. The number of unbranched alkanes of at least 4 members (excludes halogenated alkanes) is 16. The number of carbonyl (C=O) groups excluding carboxylic acids is 1. The number of hydrogen-bond acceptors (Lipinski definition) is 2. The van der Waals surface area contributed by atoms with Crippen molar-refractivity contribution in [1.82, 2.24) is 0 Å². The molecule has 23 heavy (non-hydrogen) atoms. The molecule has 0 saturated heterocycles. The molecule has 2 heteroatoms. The third-order valence-electron chi connectivity index (χ3n) is 4.45. The van der Waals surface area contributed by atoms with Crippen molar-refractivity contribution in [1.29, 1.82) is 0 Å². The first kappa shape index (κ1) is 22.2. The molecule has 0 fully saturated rings. The first-order chi connectivity index (χ1) is 11.4. The van der Waals surface area contributed by atoms with E-state index in [0.717, 1.165) is 6.42 Å². The van der Waals surface area contributed by atoms with Gasteiger partial charge >= 0.3 is 0 Å². The van der Waals surface area contributed by atoms with Crippen LogP contribution in [0.1, 0.15) is 116 Å². The van der Waals surface area contributed by atoms with Gasteiger partial charge in [-0.1, -0.05) is 103 Å². The average Bonchev–Trinajstić information content (AvgIpc) is 2.57. The molecule has 0 heterocycles. The predicted octanol–water partition coefficient (Wildman–Crippen LogP) is 7.32. The van der Waals surface area contributed by atoms with Crippen LogP contribution in [0.2, 0.25) is 0 Å². The van der Waals surface area contributed by atoms with Crippen molar-refractivity contribution < 1.29 is 9.53 Å². The van der Waals surface area contributed by atoms with Gasteiger partial charge in [0.15, 0.2) is 0 Å². The molecule has 0 atom stereocenters. The van der Waals surface area contributed by atoms with E-state index in [2.05, 4.69) is 11.7 Å². The highest BCUT2D eigenvalue weighted by atomic mass is 16.5. The molecule has 0 aliphatic rings. The van der Waals surface area contributed by atoms with E-state index in [4.69, 9.17) is 0 Å². The van der Waals surface area contributed by atoms with Gasteiger partial charge in [0.1, 0.15) is 0 Å². The molecule has 0 rings (SSSR count). The Morgan fingerprint density at radius 1 is 0.609 bits per heavy atom. The lowest BCUT2D eigenvalue weighted by atomic mass is 10.0. The van der Waals surface area contributed by atoms with Gasteiger partial charge in [-0.3, -0.25) is 4.79 Å². The van der Waals surface area contributed by atoms with E-state index in [1.807, 2.05) is 6.08 Å². The minimum atomic E-state index is 0.462. The standard InChI is InChI=1S/C21H40O2/c1-2-3-4-5-6-7-8-9-10-11-12-13-14-15-16-17-18-19-20-23-21-22/h19-21H,2-18H2,1H3. The average molecular weight is 325 g/mol. The van der Waals surface area contributed by atoms with Gasteiger partial charge in [0, 0.05) is 0 Å². The van der Waals surface area contributed by atoms with E-state index in [0.29, 0.717) is 6.47 Å². The van der Waals surface area contributed by atoms with Crippen molar-refractivity contribution in [3.05, 3.63) is 12.3 Å². The van der Waals surface area contributed by atoms with Crippen LogP contribution >= 0.6 is 0 Å². The van der Waals surface area contributed by atoms with E-state index in [1.54, 1.807) is 0 Å². The minimum Gasteiger partial charge on any atom is -0.437 e. The SMILES string of the molecule is CCCCCCCCCCCCCCCCCCC=COC=O. The first-order valence-corrected chi connectivity index (χ1v) is 10.2. The summed E-state index contributed by atoms with van der Waals surface area (Å²) in [7, 11) is 0. The van der Waals surface area contributed by atoms with E-state index in [9.17, 15) is 4.79 Å². The highest BCUT2D eigenvalue weighted by molar-refractivity contribution is 5.38. The molecule has 0 aromatic heterocycles. The number of rotatable bonds is 19. The Morgan fingerprint density at radius 3 is 1.39 bits per heavy atom. The molecule has 0 spiro atoms. The molecule has 2 nitrogen and oxygen atoms in total. The maximum atomic E-state index is 9.91.